The molecule has 1 saturated heterocycles. The van der Waals surface area contributed by atoms with Crippen molar-refractivity contribution in [2.45, 2.75) is 32.7 Å². The third-order valence-corrected chi connectivity index (χ3v) is 5.66. The number of aryl methyl sites for hydroxylation is 2. The molecule has 0 N–H and O–H groups in total. The highest BCUT2D eigenvalue weighted by molar-refractivity contribution is 7.88. The third-order valence-electron chi connectivity index (χ3n) is 4.25. The van der Waals surface area contributed by atoms with E-state index < -0.39 is 14.9 Å². The Hall–Kier alpha value is -1.68. The van der Waals surface area contributed by atoms with Gasteiger partial charge < -0.3 is 4.90 Å². The van der Waals surface area contributed by atoms with Crippen molar-refractivity contribution in [2.24, 2.45) is 7.05 Å². The Labute approximate surface area is 136 Å². The molecule has 1 aliphatic heterocycles. The lowest BCUT2D eigenvalue weighted by Crippen LogP contribution is -2.47. The monoisotopic (exact) mass is 345 g/mol. The first kappa shape index (κ1) is 17.7. The molecular formula is C13H23N5O4S. The number of aromatic nitrogens is 2. The molecule has 0 spiro atoms. The second-order valence-electron chi connectivity index (χ2n) is 5.82. The molecule has 23 heavy (non-hydrogen) atoms. The average molecular weight is 345 g/mol. The largest absolute Gasteiger partial charge is 0.351 e. The maximum Gasteiger partial charge on any atom is 0.333 e. The van der Waals surface area contributed by atoms with Crippen LogP contribution < -0.4 is 4.90 Å². The van der Waals surface area contributed by atoms with E-state index in [1.54, 1.807) is 14.0 Å². The summed E-state index contributed by atoms with van der Waals surface area (Å²) >= 11 is 0. The minimum atomic E-state index is -3.23. The molecule has 1 aromatic rings. The second kappa shape index (κ2) is 6.44. The summed E-state index contributed by atoms with van der Waals surface area (Å²) in [5, 5.41) is 15.4. The van der Waals surface area contributed by atoms with Crippen molar-refractivity contribution < 1.29 is 13.3 Å². The van der Waals surface area contributed by atoms with Crippen LogP contribution in [0.15, 0.2) is 0 Å². The van der Waals surface area contributed by atoms with Crippen LogP contribution in [0.25, 0.3) is 0 Å². The van der Waals surface area contributed by atoms with E-state index in [1.165, 1.54) is 15.2 Å². The molecule has 130 valence electrons. The lowest BCUT2D eigenvalue weighted by Gasteiger charge is -2.37. The average Bonchev–Trinajstić information content (AvgIpc) is 2.73. The fourth-order valence-corrected chi connectivity index (χ4v) is 4.55. The molecule has 1 fully saturated rings. The van der Waals surface area contributed by atoms with Crippen molar-refractivity contribution in [1.82, 2.24) is 14.1 Å². The molecule has 0 aliphatic carbocycles. The van der Waals surface area contributed by atoms with Crippen LogP contribution in [0.1, 0.15) is 25.5 Å². The molecule has 1 aliphatic rings. The number of anilines is 1. The zero-order valence-corrected chi connectivity index (χ0v) is 14.7. The molecule has 0 unspecified atom stereocenters. The van der Waals surface area contributed by atoms with E-state index in [4.69, 9.17) is 0 Å². The summed E-state index contributed by atoms with van der Waals surface area (Å²) in [7, 11) is -1.54. The first-order valence-electron chi connectivity index (χ1n) is 7.56. The summed E-state index contributed by atoms with van der Waals surface area (Å²) in [6.07, 6.45) is 2.50. The van der Waals surface area contributed by atoms with Gasteiger partial charge in [0.2, 0.25) is 15.8 Å². The standard InChI is InChI=1S/C13H23N5O4S/c1-5-17(23(4,21)22)11-6-8-16(9-7-11)13-12(18(19)20)10(2)14-15(13)3/h11H,5-9H2,1-4H3. The number of nitrogens with zero attached hydrogens (tertiary/aromatic N) is 5. The smallest absolute Gasteiger partial charge is 0.333 e. The van der Waals surface area contributed by atoms with Crippen molar-refractivity contribution in [3.05, 3.63) is 15.8 Å². The maximum absolute atomic E-state index is 11.8. The summed E-state index contributed by atoms with van der Waals surface area (Å²) in [6.45, 7) is 5.01. The van der Waals surface area contributed by atoms with E-state index >= 15 is 0 Å². The van der Waals surface area contributed by atoms with Gasteiger partial charge in [-0.05, 0) is 19.8 Å². The lowest BCUT2D eigenvalue weighted by molar-refractivity contribution is -0.384. The zero-order valence-electron chi connectivity index (χ0n) is 13.9. The van der Waals surface area contributed by atoms with Crippen LogP contribution in [0.4, 0.5) is 11.5 Å². The van der Waals surface area contributed by atoms with Gasteiger partial charge in [-0.1, -0.05) is 6.92 Å². The van der Waals surface area contributed by atoms with Gasteiger partial charge in [-0.3, -0.25) is 10.1 Å². The highest BCUT2D eigenvalue weighted by Gasteiger charge is 2.34. The van der Waals surface area contributed by atoms with Gasteiger partial charge in [0.25, 0.3) is 0 Å². The Morgan fingerprint density at radius 2 is 1.96 bits per heavy atom. The Balaban J connectivity index is 2.19. The molecule has 0 saturated carbocycles. The minimum Gasteiger partial charge on any atom is -0.351 e. The predicted molar refractivity (Wildman–Crippen MR) is 87.1 cm³/mol. The third kappa shape index (κ3) is 3.47. The lowest BCUT2D eigenvalue weighted by atomic mass is 10.0. The molecule has 0 radical (unpaired) electrons. The van der Waals surface area contributed by atoms with Crippen molar-refractivity contribution in [1.29, 1.82) is 0 Å². The summed E-state index contributed by atoms with van der Waals surface area (Å²) < 4.78 is 26.7. The van der Waals surface area contributed by atoms with Crippen LogP contribution in [0.2, 0.25) is 0 Å². The molecule has 9 nitrogen and oxygen atoms in total. The number of rotatable bonds is 5. The van der Waals surface area contributed by atoms with E-state index in [-0.39, 0.29) is 11.7 Å². The van der Waals surface area contributed by atoms with Crippen LogP contribution in [-0.2, 0) is 17.1 Å². The fraction of sp³-hybridized carbons (Fsp3) is 0.769. The summed E-state index contributed by atoms with van der Waals surface area (Å²) in [6, 6.07) is -0.0559. The molecule has 0 amide bonds. The van der Waals surface area contributed by atoms with Crippen LogP contribution in [-0.4, -0.2) is 59.4 Å². The number of piperidine rings is 1. The Kier molecular flexibility index (Phi) is 4.95. The van der Waals surface area contributed by atoms with Gasteiger partial charge in [0.15, 0.2) is 0 Å². The highest BCUT2D eigenvalue weighted by Crippen LogP contribution is 2.33. The van der Waals surface area contributed by atoms with E-state index in [1.807, 2.05) is 11.8 Å². The van der Waals surface area contributed by atoms with Crippen molar-refractivity contribution >= 4 is 21.5 Å². The van der Waals surface area contributed by atoms with Gasteiger partial charge in [-0.25, -0.2) is 13.1 Å². The highest BCUT2D eigenvalue weighted by atomic mass is 32.2. The molecule has 0 bridgehead atoms. The van der Waals surface area contributed by atoms with Crippen LogP contribution in [0.5, 0.6) is 0 Å². The minimum absolute atomic E-state index is 0.0291. The van der Waals surface area contributed by atoms with E-state index in [2.05, 4.69) is 5.10 Å². The van der Waals surface area contributed by atoms with E-state index in [9.17, 15) is 18.5 Å². The molecule has 0 aromatic carbocycles. The fourth-order valence-electron chi connectivity index (χ4n) is 3.33. The molecule has 2 rings (SSSR count). The van der Waals surface area contributed by atoms with E-state index in [0.29, 0.717) is 44.0 Å². The van der Waals surface area contributed by atoms with Crippen LogP contribution in [0.3, 0.4) is 0 Å². The summed E-state index contributed by atoms with van der Waals surface area (Å²) in [5.41, 5.74) is 0.419. The normalized spacial score (nSPS) is 17.0. The summed E-state index contributed by atoms with van der Waals surface area (Å²) in [4.78, 5) is 12.8. The van der Waals surface area contributed by atoms with Gasteiger partial charge in [0.1, 0.15) is 5.69 Å². The summed E-state index contributed by atoms with van der Waals surface area (Å²) in [5.74, 6) is 0.494. The Morgan fingerprint density at radius 3 is 2.39 bits per heavy atom. The van der Waals surface area contributed by atoms with Gasteiger partial charge in [-0.2, -0.15) is 9.40 Å². The first-order chi connectivity index (χ1) is 10.7. The molecular weight excluding hydrogens is 322 g/mol. The molecule has 0 atom stereocenters. The maximum atomic E-state index is 11.8. The van der Waals surface area contributed by atoms with Crippen LogP contribution in [0, 0.1) is 17.0 Å². The number of hydrogen-bond acceptors (Lipinski definition) is 6. The van der Waals surface area contributed by atoms with Gasteiger partial charge in [0, 0.05) is 32.7 Å². The quantitative estimate of drug-likeness (QED) is 0.580. The Bertz CT molecular complexity index is 691. The van der Waals surface area contributed by atoms with Gasteiger partial charge in [0.05, 0.1) is 11.2 Å². The van der Waals surface area contributed by atoms with Crippen LogP contribution >= 0.6 is 0 Å². The van der Waals surface area contributed by atoms with Crippen molar-refractivity contribution in [3.8, 4) is 0 Å². The van der Waals surface area contributed by atoms with Crippen molar-refractivity contribution in [2.75, 3.05) is 30.8 Å². The predicted octanol–water partition coefficient (Wildman–Crippen LogP) is 0.887. The van der Waals surface area contributed by atoms with Gasteiger partial charge >= 0.3 is 5.69 Å². The number of hydrogen-bond donors (Lipinski definition) is 0. The van der Waals surface area contributed by atoms with Crippen molar-refractivity contribution in [3.63, 3.8) is 0 Å². The second-order valence-corrected chi connectivity index (χ2v) is 7.76. The Morgan fingerprint density at radius 1 is 1.39 bits per heavy atom. The molecule has 2 heterocycles. The molecule has 1 aromatic heterocycles. The SMILES string of the molecule is CCN(C1CCN(c2c([N+](=O)[O-])c(C)nn2C)CC1)S(C)(=O)=O. The zero-order chi connectivity index (χ0) is 17.4. The molecule has 10 heteroatoms. The van der Waals surface area contributed by atoms with Gasteiger partial charge in [-0.15, -0.1) is 0 Å². The number of nitro groups is 1. The topological polar surface area (TPSA) is 102 Å². The van der Waals surface area contributed by atoms with E-state index in [0.717, 1.165) is 0 Å². The number of sulfonamides is 1. The first-order valence-corrected chi connectivity index (χ1v) is 9.41.